The summed E-state index contributed by atoms with van der Waals surface area (Å²) >= 11 is 0. The van der Waals surface area contributed by atoms with Crippen molar-refractivity contribution in [3.05, 3.63) is 40.7 Å². The molecule has 1 aliphatic rings. The number of nitro groups is 1. The standard InChI is InChI=1S/C14H14N4O3/c19-14-4-1-9(7-16-14)17-12-2-3-13(18(20)21)10-5-6-15-8-11(10)12/h2-3,5-6,8-9,17H,1,4,7H2,(H,16,19). The lowest BCUT2D eigenvalue weighted by Gasteiger charge is -2.25. The zero-order chi connectivity index (χ0) is 14.8. The van der Waals surface area contributed by atoms with Crippen LogP contribution in [0.4, 0.5) is 11.4 Å². The number of carbonyl (C=O) groups is 1. The number of hydrogen-bond acceptors (Lipinski definition) is 5. The van der Waals surface area contributed by atoms with Crippen LogP contribution in [0.1, 0.15) is 12.8 Å². The van der Waals surface area contributed by atoms with Gasteiger partial charge in [-0.15, -0.1) is 0 Å². The fourth-order valence-electron chi connectivity index (χ4n) is 2.54. The first kappa shape index (κ1) is 13.3. The second-order valence-corrected chi connectivity index (χ2v) is 4.99. The molecular weight excluding hydrogens is 272 g/mol. The van der Waals surface area contributed by atoms with E-state index in [1.165, 1.54) is 6.07 Å². The number of fused-ring (bicyclic) bond motifs is 1. The molecule has 21 heavy (non-hydrogen) atoms. The highest BCUT2D eigenvalue weighted by Gasteiger charge is 2.20. The van der Waals surface area contributed by atoms with E-state index in [0.29, 0.717) is 23.7 Å². The predicted molar refractivity (Wildman–Crippen MR) is 78.1 cm³/mol. The molecule has 0 aliphatic carbocycles. The van der Waals surface area contributed by atoms with Crippen molar-refractivity contribution in [2.45, 2.75) is 18.9 Å². The Bertz CT molecular complexity index is 706. The van der Waals surface area contributed by atoms with Crippen LogP contribution in [0.2, 0.25) is 0 Å². The van der Waals surface area contributed by atoms with E-state index >= 15 is 0 Å². The van der Waals surface area contributed by atoms with Gasteiger partial charge in [0.15, 0.2) is 0 Å². The van der Waals surface area contributed by atoms with Crippen molar-refractivity contribution < 1.29 is 9.72 Å². The highest BCUT2D eigenvalue weighted by molar-refractivity contribution is 5.99. The number of hydrogen-bond donors (Lipinski definition) is 2. The Morgan fingerprint density at radius 3 is 2.90 bits per heavy atom. The lowest BCUT2D eigenvalue weighted by molar-refractivity contribution is -0.383. The Labute approximate surface area is 120 Å². The summed E-state index contributed by atoms with van der Waals surface area (Å²) in [4.78, 5) is 25.9. The van der Waals surface area contributed by atoms with Crippen molar-refractivity contribution in [2.24, 2.45) is 0 Å². The number of pyridine rings is 1. The maximum Gasteiger partial charge on any atom is 0.277 e. The predicted octanol–water partition coefficient (Wildman–Crippen LogP) is 1.83. The van der Waals surface area contributed by atoms with E-state index in [4.69, 9.17) is 0 Å². The van der Waals surface area contributed by atoms with Gasteiger partial charge in [0.25, 0.3) is 5.69 Å². The maximum atomic E-state index is 11.2. The number of carbonyl (C=O) groups excluding carboxylic acids is 1. The van der Waals surface area contributed by atoms with Crippen LogP contribution in [0.3, 0.4) is 0 Å². The monoisotopic (exact) mass is 286 g/mol. The number of rotatable bonds is 3. The average molecular weight is 286 g/mol. The van der Waals surface area contributed by atoms with E-state index in [1.54, 1.807) is 24.5 Å². The third-order valence-electron chi connectivity index (χ3n) is 3.62. The third kappa shape index (κ3) is 2.62. The molecular formula is C14H14N4O3. The van der Waals surface area contributed by atoms with Gasteiger partial charge < -0.3 is 10.6 Å². The molecule has 1 saturated heterocycles. The maximum absolute atomic E-state index is 11.2. The van der Waals surface area contributed by atoms with Crippen molar-refractivity contribution in [3.8, 4) is 0 Å². The quantitative estimate of drug-likeness (QED) is 0.662. The van der Waals surface area contributed by atoms with Gasteiger partial charge in [-0.3, -0.25) is 19.9 Å². The summed E-state index contributed by atoms with van der Waals surface area (Å²) in [6.07, 6.45) is 4.39. The highest BCUT2D eigenvalue weighted by atomic mass is 16.6. The van der Waals surface area contributed by atoms with E-state index < -0.39 is 4.92 Å². The van der Waals surface area contributed by atoms with Crippen LogP contribution in [0.15, 0.2) is 30.6 Å². The summed E-state index contributed by atoms with van der Waals surface area (Å²) < 4.78 is 0. The topological polar surface area (TPSA) is 97.2 Å². The van der Waals surface area contributed by atoms with Crippen molar-refractivity contribution in [1.29, 1.82) is 0 Å². The van der Waals surface area contributed by atoms with Gasteiger partial charge in [0.1, 0.15) is 0 Å². The molecule has 7 nitrogen and oxygen atoms in total. The number of nitro benzene ring substituents is 1. The molecule has 1 aliphatic heterocycles. The Morgan fingerprint density at radius 2 is 2.19 bits per heavy atom. The third-order valence-corrected chi connectivity index (χ3v) is 3.62. The Kier molecular flexibility index (Phi) is 3.39. The van der Waals surface area contributed by atoms with Crippen molar-refractivity contribution in [3.63, 3.8) is 0 Å². The molecule has 0 radical (unpaired) electrons. The summed E-state index contributed by atoms with van der Waals surface area (Å²) in [7, 11) is 0. The molecule has 108 valence electrons. The molecule has 2 aromatic rings. The Hall–Kier alpha value is -2.70. The minimum absolute atomic E-state index is 0.0586. The molecule has 0 saturated carbocycles. The fourth-order valence-corrected chi connectivity index (χ4v) is 2.54. The van der Waals surface area contributed by atoms with E-state index in [2.05, 4.69) is 15.6 Å². The van der Waals surface area contributed by atoms with Crippen LogP contribution in [0, 0.1) is 10.1 Å². The fraction of sp³-hybridized carbons (Fsp3) is 0.286. The number of nitrogens with zero attached hydrogens (tertiary/aromatic N) is 2. The molecule has 3 rings (SSSR count). The lowest BCUT2D eigenvalue weighted by atomic mass is 10.0. The second-order valence-electron chi connectivity index (χ2n) is 4.99. The number of non-ortho nitro benzene ring substituents is 1. The average Bonchev–Trinajstić information content (AvgIpc) is 2.49. The normalized spacial score (nSPS) is 18.3. The molecule has 1 amide bonds. The van der Waals surface area contributed by atoms with Gasteiger partial charge in [0, 0.05) is 48.5 Å². The number of piperidine rings is 1. The highest BCUT2D eigenvalue weighted by Crippen LogP contribution is 2.31. The number of amides is 1. The smallest absolute Gasteiger partial charge is 0.277 e. The molecule has 2 N–H and O–H groups in total. The van der Waals surface area contributed by atoms with Crippen molar-refractivity contribution >= 4 is 28.1 Å². The molecule has 2 heterocycles. The first-order chi connectivity index (χ1) is 10.1. The van der Waals surface area contributed by atoms with Crippen LogP contribution in [-0.2, 0) is 4.79 Å². The molecule has 1 aromatic heterocycles. The number of benzene rings is 1. The van der Waals surface area contributed by atoms with Crippen LogP contribution in [0.5, 0.6) is 0 Å². The molecule has 7 heteroatoms. The summed E-state index contributed by atoms with van der Waals surface area (Å²) in [6, 6.07) is 4.94. The van der Waals surface area contributed by atoms with Crippen molar-refractivity contribution in [1.82, 2.24) is 10.3 Å². The first-order valence-electron chi connectivity index (χ1n) is 6.69. The van der Waals surface area contributed by atoms with Gasteiger partial charge in [0.2, 0.25) is 5.91 Å². The lowest BCUT2D eigenvalue weighted by Crippen LogP contribution is -2.41. The number of aromatic nitrogens is 1. The summed E-state index contributed by atoms with van der Waals surface area (Å²) in [5.74, 6) is 0.0586. The van der Waals surface area contributed by atoms with Gasteiger partial charge in [-0.1, -0.05) is 0 Å². The zero-order valence-corrected chi connectivity index (χ0v) is 11.2. The number of anilines is 1. The van der Waals surface area contributed by atoms with Crippen molar-refractivity contribution in [2.75, 3.05) is 11.9 Å². The SMILES string of the molecule is O=C1CCC(Nc2ccc([N+](=O)[O-])c3ccncc23)CN1. The van der Waals surface area contributed by atoms with Gasteiger partial charge in [-0.2, -0.15) is 0 Å². The summed E-state index contributed by atoms with van der Waals surface area (Å²) in [6.45, 7) is 0.553. The van der Waals surface area contributed by atoms with Crippen LogP contribution >= 0.6 is 0 Å². The summed E-state index contributed by atoms with van der Waals surface area (Å²) in [5.41, 5.74) is 0.861. The second kappa shape index (κ2) is 5.35. The van der Waals surface area contributed by atoms with Gasteiger partial charge in [-0.05, 0) is 18.6 Å². The summed E-state index contributed by atoms with van der Waals surface area (Å²) in [5, 5.41) is 18.5. The Morgan fingerprint density at radius 1 is 1.33 bits per heavy atom. The molecule has 1 atom stereocenters. The minimum atomic E-state index is -0.396. The van der Waals surface area contributed by atoms with E-state index in [0.717, 1.165) is 12.1 Å². The zero-order valence-electron chi connectivity index (χ0n) is 11.2. The van der Waals surface area contributed by atoms with Gasteiger partial charge in [-0.25, -0.2) is 0 Å². The first-order valence-corrected chi connectivity index (χ1v) is 6.69. The molecule has 1 aromatic carbocycles. The molecule has 0 spiro atoms. The van der Waals surface area contributed by atoms with Crippen LogP contribution < -0.4 is 10.6 Å². The van der Waals surface area contributed by atoms with Gasteiger partial charge >= 0.3 is 0 Å². The molecule has 1 unspecified atom stereocenters. The molecule has 0 bridgehead atoms. The minimum Gasteiger partial charge on any atom is -0.380 e. The van der Waals surface area contributed by atoms with Gasteiger partial charge in [0.05, 0.1) is 10.3 Å². The van der Waals surface area contributed by atoms with E-state index in [9.17, 15) is 14.9 Å². The van der Waals surface area contributed by atoms with Crippen LogP contribution in [-0.4, -0.2) is 28.4 Å². The number of nitrogens with one attached hydrogen (secondary N) is 2. The Balaban J connectivity index is 1.94. The molecule has 1 fully saturated rings. The van der Waals surface area contributed by atoms with E-state index in [1.807, 2.05) is 0 Å². The largest absolute Gasteiger partial charge is 0.380 e. The van der Waals surface area contributed by atoms with Crippen LogP contribution in [0.25, 0.3) is 10.8 Å². The van der Waals surface area contributed by atoms with E-state index in [-0.39, 0.29) is 17.6 Å².